The maximum atomic E-state index is 5.28. The van der Waals surface area contributed by atoms with Gasteiger partial charge in [-0.1, -0.05) is 13.0 Å². The van der Waals surface area contributed by atoms with Crippen LogP contribution in [0.1, 0.15) is 12.6 Å². The number of ether oxygens (including phenoxy) is 2. The van der Waals surface area contributed by atoms with Crippen LogP contribution in [0.25, 0.3) is 0 Å². The summed E-state index contributed by atoms with van der Waals surface area (Å²) in [5.41, 5.74) is 1.03. The first kappa shape index (κ1) is 14.9. The number of rotatable bonds is 9. The van der Waals surface area contributed by atoms with Gasteiger partial charge in [0.2, 0.25) is 0 Å². The Balaban J connectivity index is 2.45. The second-order valence-electron chi connectivity index (χ2n) is 3.99. The quantitative estimate of drug-likeness (QED) is 0.694. The second-order valence-corrected chi connectivity index (χ2v) is 3.99. The van der Waals surface area contributed by atoms with Gasteiger partial charge < -0.3 is 20.1 Å². The first-order chi connectivity index (χ1) is 8.80. The maximum absolute atomic E-state index is 5.28. The fourth-order valence-electron chi connectivity index (χ4n) is 1.54. The highest BCUT2D eigenvalue weighted by Crippen LogP contribution is 2.05. The van der Waals surface area contributed by atoms with Gasteiger partial charge in [0, 0.05) is 27.3 Å². The lowest BCUT2D eigenvalue weighted by atomic mass is 10.3. The van der Waals surface area contributed by atoms with Crippen LogP contribution in [0, 0.1) is 0 Å². The summed E-state index contributed by atoms with van der Waals surface area (Å²) in [4.78, 5) is 4.51. The monoisotopic (exact) mass is 253 g/mol. The average molecular weight is 253 g/mol. The van der Waals surface area contributed by atoms with Crippen molar-refractivity contribution in [1.82, 2.24) is 10.3 Å². The van der Waals surface area contributed by atoms with E-state index in [2.05, 4.69) is 22.5 Å². The summed E-state index contributed by atoms with van der Waals surface area (Å²) in [6.45, 7) is 5.06. The zero-order valence-corrected chi connectivity index (χ0v) is 11.4. The fourth-order valence-corrected chi connectivity index (χ4v) is 1.54. The first-order valence-corrected chi connectivity index (χ1v) is 6.22. The fraction of sp³-hybridized carbons (Fsp3) is 0.615. The van der Waals surface area contributed by atoms with Crippen LogP contribution in [0.15, 0.2) is 18.2 Å². The molecule has 1 rings (SSSR count). The topological polar surface area (TPSA) is 55.4 Å². The van der Waals surface area contributed by atoms with E-state index in [0.29, 0.717) is 13.2 Å². The number of pyridine rings is 1. The molecule has 1 heterocycles. The van der Waals surface area contributed by atoms with Crippen LogP contribution in [0.2, 0.25) is 0 Å². The van der Waals surface area contributed by atoms with E-state index in [1.807, 2.05) is 18.2 Å². The molecule has 0 aromatic carbocycles. The molecule has 1 aromatic rings. The molecule has 5 heteroatoms. The average Bonchev–Trinajstić information content (AvgIpc) is 2.41. The Morgan fingerprint density at radius 3 is 2.83 bits per heavy atom. The largest absolute Gasteiger partial charge is 0.382 e. The van der Waals surface area contributed by atoms with E-state index in [0.717, 1.165) is 24.6 Å². The van der Waals surface area contributed by atoms with Crippen LogP contribution in [0.4, 0.5) is 5.82 Å². The first-order valence-electron chi connectivity index (χ1n) is 6.22. The molecule has 0 bridgehead atoms. The van der Waals surface area contributed by atoms with Crippen LogP contribution >= 0.6 is 0 Å². The Kier molecular flexibility index (Phi) is 7.32. The molecule has 1 unspecified atom stereocenters. The number of hydrogen-bond donors (Lipinski definition) is 2. The van der Waals surface area contributed by atoms with Gasteiger partial charge in [-0.15, -0.1) is 0 Å². The van der Waals surface area contributed by atoms with E-state index in [9.17, 15) is 0 Å². The minimum absolute atomic E-state index is 0.0363. The number of aromatic nitrogens is 1. The smallest absolute Gasteiger partial charge is 0.126 e. The Bertz CT molecular complexity index is 334. The minimum Gasteiger partial charge on any atom is -0.382 e. The zero-order chi connectivity index (χ0) is 13.2. The molecule has 18 heavy (non-hydrogen) atoms. The molecule has 0 radical (unpaired) electrons. The molecule has 5 nitrogen and oxygen atoms in total. The molecular formula is C13H23N3O2. The van der Waals surface area contributed by atoms with Gasteiger partial charge in [-0.2, -0.15) is 0 Å². The molecule has 0 saturated carbocycles. The summed E-state index contributed by atoms with van der Waals surface area (Å²) in [6.07, 6.45) is 0.0363. The molecule has 0 spiro atoms. The van der Waals surface area contributed by atoms with Gasteiger partial charge in [0.05, 0.1) is 18.4 Å². The van der Waals surface area contributed by atoms with Crippen molar-refractivity contribution in [2.75, 3.05) is 39.2 Å². The molecule has 1 aromatic heterocycles. The van der Waals surface area contributed by atoms with Crippen molar-refractivity contribution in [3.05, 3.63) is 23.9 Å². The predicted octanol–water partition coefficient (Wildman–Crippen LogP) is 1.26. The molecule has 1 atom stereocenters. The van der Waals surface area contributed by atoms with Crippen molar-refractivity contribution < 1.29 is 9.47 Å². The highest BCUT2D eigenvalue weighted by atomic mass is 16.5. The molecular weight excluding hydrogens is 230 g/mol. The Labute approximate surface area is 109 Å². The van der Waals surface area contributed by atoms with E-state index in [-0.39, 0.29) is 6.10 Å². The summed E-state index contributed by atoms with van der Waals surface area (Å²) in [5, 5.41) is 6.51. The number of nitrogens with zero attached hydrogens (tertiary/aromatic N) is 1. The number of hydrogen-bond acceptors (Lipinski definition) is 5. The molecule has 0 aliphatic carbocycles. The molecule has 102 valence electrons. The third-order valence-electron chi connectivity index (χ3n) is 2.56. The molecule has 0 aliphatic heterocycles. The Morgan fingerprint density at radius 1 is 1.33 bits per heavy atom. The highest BCUT2D eigenvalue weighted by Gasteiger charge is 2.06. The van der Waals surface area contributed by atoms with Crippen LogP contribution in [-0.4, -0.2) is 45.0 Å². The zero-order valence-electron chi connectivity index (χ0n) is 11.4. The number of methoxy groups -OCH3 is 2. The predicted molar refractivity (Wildman–Crippen MR) is 72.8 cm³/mol. The van der Waals surface area contributed by atoms with Gasteiger partial charge in [0.15, 0.2) is 0 Å². The SMILES string of the molecule is CCNCc1cccc(NCC(COC)OC)n1. The Hall–Kier alpha value is -1.17. The van der Waals surface area contributed by atoms with Crippen LogP contribution in [-0.2, 0) is 16.0 Å². The van der Waals surface area contributed by atoms with Crippen molar-refractivity contribution in [3.63, 3.8) is 0 Å². The second kappa shape index (κ2) is 8.85. The molecule has 0 aliphatic rings. The van der Waals surface area contributed by atoms with Gasteiger partial charge in [-0.3, -0.25) is 0 Å². The number of nitrogens with one attached hydrogen (secondary N) is 2. The maximum Gasteiger partial charge on any atom is 0.126 e. The van der Waals surface area contributed by atoms with E-state index >= 15 is 0 Å². The molecule has 0 saturated heterocycles. The van der Waals surface area contributed by atoms with Crippen molar-refractivity contribution in [2.24, 2.45) is 0 Å². The third kappa shape index (κ3) is 5.44. The lowest BCUT2D eigenvalue weighted by molar-refractivity contribution is 0.0365. The van der Waals surface area contributed by atoms with E-state index in [4.69, 9.17) is 9.47 Å². The van der Waals surface area contributed by atoms with Crippen molar-refractivity contribution in [2.45, 2.75) is 19.6 Å². The third-order valence-corrected chi connectivity index (χ3v) is 2.56. The van der Waals surface area contributed by atoms with Gasteiger partial charge in [0.1, 0.15) is 5.82 Å². The summed E-state index contributed by atoms with van der Waals surface area (Å²) in [5.74, 6) is 0.864. The summed E-state index contributed by atoms with van der Waals surface area (Å²) in [7, 11) is 3.35. The van der Waals surface area contributed by atoms with Gasteiger partial charge in [-0.25, -0.2) is 4.98 Å². The summed E-state index contributed by atoms with van der Waals surface area (Å²) < 4.78 is 10.3. The molecule has 0 fully saturated rings. The van der Waals surface area contributed by atoms with E-state index < -0.39 is 0 Å². The van der Waals surface area contributed by atoms with Gasteiger partial charge >= 0.3 is 0 Å². The van der Waals surface area contributed by atoms with E-state index in [1.54, 1.807) is 14.2 Å². The van der Waals surface area contributed by atoms with Gasteiger partial charge in [0.25, 0.3) is 0 Å². The normalized spacial score (nSPS) is 12.4. The van der Waals surface area contributed by atoms with Crippen LogP contribution < -0.4 is 10.6 Å². The molecule has 2 N–H and O–H groups in total. The Morgan fingerprint density at radius 2 is 2.17 bits per heavy atom. The minimum atomic E-state index is 0.0363. The summed E-state index contributed by atoms with van der Waals surface area (Å²) in [6, 6.07) is 5.96. The van der Waals surface area contributed by atoms with Crippen molar-refractivity contribution in [1.29, 1.82) is 0 Å². The highest BCUT2D eigenvalue weighted by molar-refractivity contribution is 5.35. The lowest BCUT2D eigenvalue weighted by Gasteiger charge is -2.15. The molecule has 0 amide bonds. The van der Waals surface area contributed by atoms with Gasteiger partial charge in [-0.05, 0) is 18.7 Å². The van der Waals surface area contributed by atoms with Crippen molar-refractivity contribution in [3.8, 4) is 0 Å². The van der Waals surface area contributed by atoms with E-state index in [1.165, 1.54) is 0 Å². The van der Waals surface area contributed by atoms with Crippen LogP contribution in [0.3, 0.4) is 0 Å². The lowest BCUT2D eigenvalue weighted by Crippen LogP contribution is -2.27. The standard InChI is InChI=1S/C13H23N3O2/c1-4-14-8-11-6-5-7-13(16-11)15-9-12(18-3)10-17-2/h5-7,12,14H,4,8-10H2,1-3H3,(H,15,16). The summed E-state index contributed by atoms with van der Waals surface area (Å²) >= 11 is 0. The number of anilines is 1. The van der Waals surface area contributed by atoms with Crippen molar-refractivity contribution >= 4 is 5.82 Å². The van der Waals surface area contributed by atoms with Crippen LogP contribution in [0.5, 0.6) is 0 Å².